The minimum absolute atomic E-state index is 0. The topological polar surface area (TPSA) is 116 Å². The van der Waals surface area contributed by atoms with Crippen LogP contribution in [0.1, 0.15) is 6.42 Å². The van der Waals surface area contributed by atoms with E-state index in [1.165, 1.54) is 0 Å². The van der Waals surface area contributed by atoms with Gasteiger partial charge < -0.3 is 15.7 Å². The van der Waals surface area contributed by atoms with Gasteiger partial charge in [-0.25, -0.2) is 4.68 Å². The Morgan fingerprint density at radius 2 is 1.96 bits per heavy atom. The summed E-state index contributed by atoms with van der Waals surface area (Å²) in [5, 5.41) is 18.6. The molecule has 2 unspecified atom stereocenters. The molecule has 1 aliphatic rings. The summed E-state index contributed by atoms with van der Waals surface area (Å²) in [6.07, 6.45) is -0.380. The van der Waals surface area contributed by atoms with E-state index in [0.717, 1.165) is 4.68 Å². The number of aliphatic hydroxyl groups is 1. The second-order valence-electron chi connectivity index (χ2n) is 5.98. The van der Waals surface area contributed by atoms with E-state index in [4.69, 9.17) is 0 Å². The number of hydrogen-bond acceptors (Lipinski definition) is 5. The lowest BCUT2D eigenvalue weighted by atomic mass is 10.1. The Balaban J connectivity index is 0.00000225. The molecule has 2 aromatic rings. The summed E-state index contributed by atoms with van der Waals surface area (Å²) < 4.78 is 1.16. The fourth-order valence-corrected chi connectivity index (χ4v) is 2.88. The lowest BCUT2D eigenvalue weighted by Crippen LogP contribution is -2.36. The molecule has 8 nitrogen and oxygen atoms in total. The van der Waals surface area contributed by atoms with E-state index in [1.807, 2.05) is 0 Å². The summed E-state index contributed by atoms with van der Waals surface area (Å²) in [5.74, 6) is -0.229. The average Bonchev–Trinajstić information content (AvgIpc) is 3.00. The fourth-order valence-electron chi connectivity index (χ4n) is 2.88. The van der Waals surface area contributed by atoms with E-state index in [1.54, 1.807) is 24.3 Å². The van der Waals surface area contributed by atoms with Gasteiger partial charge in [-0.05, 0) is 12.1 Å². The van der Waals surface area contributed by atoms with Crippen molar-refractivity contribution in [3.8, 4) is 0 Å². The smallest absolute Gasteiger partial charge is 0.273 e. The first-order valence-corrected chi connectivity index (χ1v) is 7.93. The number of nitrogens with zero attached hydrogens (tertiary/aromatic N) is 1. The summed E-state index contributed by atoms with van der Waals surface area (Å²) >= 11 is 0. The molecule has 0 saturated carbocycles. The minimum Gasteiger partial charge on any atom is -0.391 e. The van der Waals surface area contributed by atoms with Gasteiger partial charge in [0.05, 0.1) is 23.4 Å². The summed E-state index contributed by atoms with van der Waals surface area (Å²) in [6.45, 7) is 1.68. The van der Waals surface area contributed by atoms with Crippen LogP contribution in [0.15, 0.2) is 33.9 Å². The molecule has 2 heterocycles. The molecule has 1 fully saturated rings. The van der Waals surface area contributed by atoms with Crippen LogP contribution in [0.3, 0.4) is 0 Å². The number of amides is 1. The molecule has 0 radical (unpaired) electrons. The maximum absolute atomic E-state index is 12.3. The van der Waals surface area contributed by atoms with Crippen LogP contribution in [0.25, 0.3) is 10.8 Å². The van der Waals surface area contributed by atoms with Crippen LogP contribution < -0.4 is 21.8 Å². The van der Waals surface area contributed by atoms with Crippen molar-refractivity contribution in [2.45, 2.75) is 19.1 Å². The minimum atomic E-state index is -0.454. The predicted octanol–water partition coefficient (Wildman–Crippen LogP) is -0.802. The van der Waals surface area contributed by atoms with Crippen LogP contribution in [0, 0.1) is 5.92 Å². The zero-order valence-electron chi connectivity index (χ0n) is 13.5. The molecular weight excluding hydrogens is 348 g/mol. The van der Waals surface area contributed by atoms with E-state index in [2.05, 4.69) is 15.7 Å². The Hall–Kier alpha value is -2.16. The number of H-pyrrole nitrogens is 1. The lowest BCUT2D eigenvalue weighted by molar-refractivity contribution is -0.121. The first-order chi connectivity index (χ1) is 11.6. The number of halogens is 1. The van der Waals surface area contributed by atoms with Gasteiger partial charge in [0.15, 0.2) is 0 Å². The first-order valence-electron chi connectivity index (χ1n) is 7.93. The fraction of sp³-hybridized carbons (Fsp3) is 0.438. The molecule has 1 amide bonds. The molecule has 2 atom stereocenters. The van der Waals surface area contributed by atoms with Crippen molar-refractivity contribution in [1.82, 2.24) is 20.4 Å². The molecule has 25 heavy (non-hydrogen) atoms. The largest absolute Gasteiger partial charge is 0.391 e. The third-order valence-corrected chi connectivity index (χ3v) is 4.31. The lowest BCUT2D eigenvalue weighted by Gasteiger charge is -2.14. The van der Waals surface area contributed by atoms with Gasteiger partial charge in [-0.2, -0.15) is 0 Å². The van der Waals surface area contributed by atoms with Gasteiger partial charge in [-0.3, -0.25) is 19.5 Å². The number of hydrogen-bond donors (Lipinski definition) is 4. The molecule has 3 rings (SSSR count). The average molecular weight is 369 g/mol. The van der Waals surface area contributed by atoms with E-state index in [-0.39, 0.29) is 48.3 Å². The predicted molar refractivity (Wildman–Crippen MR) is 96.1 cm³/mol. The summed E-state index contributed by atoms with van der Waals surface area (Å²) in [6, 6.07) is 6.58. The van der Waals surface area contributed by atoms with Crippen LogP contribution in [-0.4, -0.2) is 46.5 Å². The molecule has 1 aromatic carbocycles. The zero-order chi connectivity index (χ0) is 17.1. The van der Waals surface area contributed by atoms with Crippen LogP contribution >= 0.6 is 12.4 Å². The quantitative estimate of drug-likeness (QED) is 0.551. The Kier molecular flexibility index (Phi) is 6.35. The third kappa shape index (κ3) is 4.28. The second-order valence-corrected chi connectivity index (χ2v) is 5.98. The van der Waals surface area contributed by atoms with E-state index in [0.29, 0.717) is 30.4 Å². The Labute approximate surface area is 149 Å². The molecule has 9 heteroatoms. The normalized spacial score (nSPS) is 19.6. The highest BCUT2D eigenvalue weighted by Crippen LogP contribution is 2.07. The maximum atomic E-state index is 12.3. The number of aliphatic hydroxyl groups excluding tert-OH is 1. The highest BCUT2D eigenvalue weighted by atomic mass is 35.5. The van der Waals surface area contributed by atoms with E-state index in [9.17, 15) is 19.5 Å². The van der Waals surface area contributed by atoms with Gasteiger partial charge >= 0.3 is 0 Å². The van der Waals surface area contributed by atoms with E-state index >= 15 is 0 Å². The zero-order valence-corrected chi connectivity index (χ0v) is 14.3. The number of aromatic nitrogens is 2. The number of fused-ring (bicyclic) bond motifs is 1. The van der Waals surface area contributed by atoms with Crippen molar-refractivity contribution in [3.05, 3.63) is 45.0 Å². The van der Waals surface area contributed by atoms with Crippen LogP contribution in [0.2, 0.25) is 0 Å². The van der Waals surface area contributed by atoms with Crippen molar-refractivity contribution in [1.29, 1.82) is 0 Å². The molecule has 1 aromatic heterocycles. The molecular formula is C16H21ClN4O4. The number of aryl methyl sites for hydroxylation is 1. The number of carbonyl (C=O) groups is 1. The number of benzene rings is 1. The van der Waals surface area contributed by atoms with Crippen LogP contribution in [0.5, 0.6) is 0 Å². The molecule has 0 bridgehead atoms. The Morgan fingerprint density at radius 3 is 2.64 bits per heavy atom. The third-order valence-electron chi connectivity index (χ3n) is 4.31. The van der Waals surface area contributed by atoms with Gasteiger partial charge in [0, 0.05) is 32.0 Å². The standard InChI is InChI=1S/C16H20N4O4.ClH/c21-13-9-17-7-10(13)8-18-14(22)5-6-20-16(24)12-4-2-1-3-11(12)15(23)19-20;/h1-4,10,13,17,21H,5-9H2,(H,18,22)(H,19,23);1H. The van der Waals surface area contributed by atoms with Gasteiger partial charge in [0.25, 0.3) is 11.1 Å². The van der Waals surface area contributed by atoms with Crippen molar-refractivity contribution in [3.63, 3.8) is 0 Å². The van der Waals surface area contributed by atoms with Crippen molar-refractivity contribution < 1.29 is 9.90 Å². The van der Waals surface area contributed by atoms with Crippen LogP contribution in [0.4, 0.5) is 0 Å². The first kappa shape index (κ1) is 19.2. The summed E-state index contributed by atoms with van der Waals surface area (Å²) in [5.41, 5.74) is -0.681. The molecule has 1 aliphatic heterocycles. The Morgan fingerprint density at radius 1 is 1.24 bits per heavy atom. The molecule has 1 saturated heterocycles. The van der Waals surface area contributed by atoms with Gasteiger partial charge in [0.2, 0.25) is 5.91 Å². The molecule has 136 valence electrons. The second kappa shape index (κ2) is 8.28. The number of carbonyl (C=O) groups excluding carboxylic acids is 1. The van der Waals surface area contributed by atoms with Crippen molar-refractivity contribution in [2.75, 3.05) is 19.6 Å². The number of nitrogens with one attached hydrogen (secondary N) is 3. The summed E-state index contributed by atoms with van der Waals surface area (Å²) in [7, 11) is 0. The highest BCUT2D eigenvalue weighted by molar-refractivity contribution is 5.85. The monoisotopic (exact) mass is 368 g/mol. The molecule has 4 N–H and O–H groups in total. The van der Waals surface area contributed by atoms with Crippen molar-refractivity contribution in [2.24, 2.45) is 5.92 Å². The van der Waals surface area contributed by atoms with Gasteiger partial charge in [-0.1, -0.05) is 12.1 Å². The van der Waals surface area contributed by atoms with E-state index < -0.39 is 6.10 Å². The van der Waals surface area contributed by atoms with Gasteiger partial charge in [-0.15, -0.1) is 12.4 Å². The van der Waals surface area contributed by atoms with Crippen LogP contribution in [-0.2, 0) is 11.3 Å². The van der Waals surface area contributed by atoms with Crippen molar-refractivity contribution >= 4 is 29.1 Å². The number of β-amino-alcohol motifs (C(OH)–C–C–N with tert-alkyl or cyclic N) is 1. The Bertz CT molecular complexity index is 863. The highest BCUT2D eigenvalue weighted by Gasteiger charge is 2.24. The SMILES string of the molecule is Cl.O=C(CCn1[nH]c(=O)c2ccccc2c1=O)NCC1CNCC1O. The number of rotatable bonds is 5. The molecule has 0 aliphatic carbocycles. The van der Waals surface area contributed by atoms with Gasteiger partial charge in [0.1, 0.15) is 0 Å². The maximum Gasteiger partial charge on any atom is 0.273 e. The number of aromatic amines is 1. The summed E-state index contributed by atoms with van der Waals surface area (Å²) in [4.78, 5) is 36.2. The molecule has 0 spiro atoms.